The monoisotopic (exact) mass is 189 g/mol. The number of hydrogen-bond acceptors (Lipinski definition) is 4. The lowest BCUT2D eigenvalue weighted by atomic mass is 10.1. The first-order valence-corrected chi connectivity index (χ1v) is 4.30. The van der Waals surface area contributed by atoms with Crippen LogP contribution in [0.4, 0.5) is 5.82 Å². The molecule has 0 aliphatic carbocycles. The number of pyridine rings is 1. The normalized spacial score (nSPS) is 10.4. The van der Waals surface area contributed by atoms with E-state index < -0.39 is 0 Å². The molecule has 0 bridgehead atoms. The van der Waals surface area contributed by atoms with Gasteiger partial charge in [0.1, 0.15) is 5.82 Å². The Morgan fingerprint density at radius 3 is 3.00 bits per heavy atom. The highest BCUT2D eigenvalue weighted by atomic mass is 15.4. The third-order valence-electron chi connectivity index (χ3n) is 1.95. The second-order valence-corrected chi connectivity index (χ2v) is 3.11. The molecular weight excluding hydrogens is 178 g/mol. The largest absolute Gasteiger partial charge is 0.383 e. The van der Waals surface area contributed by atoms with Crippen molar-refractivity contribution in [1.29, 1.82) is 0 Å². The molecule has 0 aromatic carbocycles. The van der Waals surface area contributed by atoms with Gasteiger partial charge in [-0.25, -0.2) is 4.98 Å². The number of nitrogens with zero attached hydrogens (tertiary/aromatic N) is 4. The molecule has 5 heteroatoms. The Kier molecular flexibility index (Phi) is 2.14. The molecule has 0 saturated carbocycles. The van der Waals surface area contributed by atoms with Crippen molar-refractivity contribution in [2.45, 2.75) is 6.42 Å². The van der Waals surface area contributed by atoms with Gasteiger partial charge < -0.3 is 5.73 Å². The lowest BCUT2D eigenvalue weighted by molar-refractivity contribution is 0.713. The summed E-state index contributed by atoms with van der Waals surface area (Å²) < 4.78 is 1.67. The minimum Gasteiger partial charge on any atom is -0.383 e. The van der Waals surface area contributed by atoms with Crippen molar-refractivity contribution >= 4 is 5.82 Å². The molecule has 0 amide bonds. The highest BCUT2D eigenvalue weighted by molar-refractivity contribution is 5.40. The standard InChI is InChI=1S/C9H11N5/c1-14-6-8(12-13-14)5-7-3-2-4-11-9(7)10/h2-4,6H,5H2,1H3,(H2,10,11). The van der Waals surface area contributed by atoms with Gasteiger partial charge in [0.15, 0.2) is 0 Å². The molecule has 14 heavy (non-hydrogen) atoms. The number of anilines is 1. The average Bonchev–Trinajstić information content (AvgIpc) is 2.56. The van der Waals surface area contributed by atoms with Crippen LogP contribution in [-0.2, 0) is 13.5 Å². The predicted molar refractivity (Wildman–Crippen MR) is 52.5 cm³/mol. The summed E-state index contributed by atoms with van der Waals surface area (Å²) in [5, 5.41) is 7.83. The van der Waals surface area contributed by atoms with Crippen LogP contribution >= 0.6 is 0 Å². The molecule has 0 spiro atoms. The lowest BCUT2D eigenvalue weighted by Gasteiger charge is -2.00. The highest BCUT2D eigenvalue weighted by Crippen LogP contribution is 2.11. The molecular formula is C9H11N5. The maximum atomic E-state index is 5.71. The quantitative estimate of drug-likeness (QED) is 0.741. The molecule has 5 nitrogen and oxygen atoms in total. The van der Waals surface area contributed by atoms with Crippen LogP contribution in [0, 0.1) is 0 Å². The summed E-state index contributed by atoms with van der Waals surface area (Å²) in [6.45, 7) is 0. The van der Waals surface area contributed by atoms with E-state index in [0.29, 0.717) is 12.2 Å². The summed E-state index contributed by atoms with van der Waals surface area (Å²) in [5.41, 5.74) is 7.58. The van der Waals surface area contributed by atoms with Crippen molar-refractivity contribution in [2.24, 2.45) is 7.05 Å². The van der Waals surface area contributed by atoms with Crippen LogP contribution in [0.15, 0.2) is 24.5 Å². The number of rotatable bonds is 2. The number of aromatic nitrogens is 4. The summed E-state index contributed by atoms with van der Waals surface area (Å²) in [6, 6.07) is 3.80. The third kappa shape index (κ3) is 1.71. The Hall–Kier alpha value is -1.91. The SMILES string of the molecule is Cn1cc(Cc2cccnc2N)nn1. The molecule has 0 fully saturated rings. The van der Waals surface area contributed by atoms with Crippen molar-refractivity contribution in [3.8, 4) is 0 Å². The van der Waals surface area contributed by atoms with Crippen LogP contribution in [-0.4, -0.2) is 20.0 Å². The van der Waals surface area contributed by atoms with Gasteiger partial charge >= 0.3 is 0 Å². The van der Waals surface area contributed by atoms with Crippen LogP contribution in [0.25, 0.3) is 0 Å². The molecule has 2 heterocycles. The second-order valence-electron chi connectivity index (χ2n) is 3.11. The molecule has 0 radical (unpaired) electrons. The van der Waals surface area contributed by atoms with Crippen LogP contribution in [0.5, 0.6) is 0 Å². The average molecular weight is 189 g/mol. The van der Waals surface area contributed by atoms with E-state index in [0.717, 1.165) is 11.3 Å². The van der Waals surface area contributed by atoms with E-state index >= 15 is 0 Å². The maximum absolute atomic E-state index is 5.71. The first kappa shape index (κ1) is 8.68. The summed E-state index contributed by atoms with van der Waals surface area (Å²) in [4.78, 5) is 4.00. The summed E-state index contributed by atoms with van der Waals surface area (Å²) >= 11 is 0. The molecule has 2 aromatic heterocycles. The maximum Gasteiger partial charge on any atom is 0.126 e. The van der Waals surface area contributed by atoms with Gasteiger partial charge in [0, 0.05) is 31.4 Å². The molecule has 72 valence electrons. The van der Waals surface area contributed by atoms with Gasteiger partial charge in [-0.1, -0.05) is 11.3 Å². The van der Waals surface area contributed by atoms with Crippen molar-refractivity contribution in [3.05, 3.63) is 35.8 Å². The van der Waals surface area contributed by atoms with Crippen LogP contribution < -0.4 is 5.73 Å². The zero-order valence-corrected chi connectivity index (χ0v) is 7.88. The fourth-order valence-electron chi connectivity index (χ4n) is 1.27. The van der Waals surface area contributed by atoms with Gasteiger partial charge in [0.2, 0.25) is 0 Å². The van der Waals surface area contributed by atoms with Gasteiger partial charge in [0.25, 0.3) is 0 Å². The van der Waals surface area contributed by atoms with Crippen molar-refractivity contribution < 1.29 is 0 Å². The Labute approximate surface area is 81.6 Å². The van der Waals surface area contributed by atoms with Gasteiger partial charge in [-0.05, 0) is 6.07 Å². The van der Waals surface area contributed by atoms with Crippen LogP contribution in [0.1, 0.15) is 11.3 Å². The highest BCUT2D eigenvalue weighted by Gasteiger charge is 2.03. The van der Waals surface area contributed by atoms with E-state index in [4.69, 9.17) is 5.73 Å². The first-order valence-electron chi connectivity index (χ1n) is 4.30. The molecule has 2 rings (SSSR count). The van der Waals surface area contributed by atoms with E-state index in [1.807, 2.05) is 25.4 Å². The fourth-order valence-corrected chi connectivity index (χ4v) is 1.27. The van der Waals surface area contributed by atoms with Crippen molar-refractivity contribution in [1.82, 2.24) is 20.0 Å². The molecule has 0 saturated heterocycles. The molecule has 0 unspecified atom stereocenters. The third-order valence-corrected chi connectivity index (χ3v) is 1.95. The summed E-state index contributed by atoms with van der Waals surface area (Å²) in [7, 11) is 1.84. The zero-order chi connectivity index (χ0) is 9.97. The van der Waals surface area contributed by atoms with Gasteiger partial charge in [-0.3, -0.25) is 4.68 Å². The fraction of sp³-hybridized carbons (Fsp3) is 0.222. The van der Waals surface area contributed by atoms with E-state index in [9.17, 15) is 0 Å². The van der Waals surface area contributed by atoms with Gasteiger partial charge in [-0.2, -0.15) is 0 Å². The minimum absolute atomic E-state index is 0.554. The Morgan fingerprint density at radius 1 is 1.50 bits per heavy atom. The van der Waals surface area contributed by atoms with Gasteiger partial charge in [-0.15, -0.1) is 5.10 Å². The zero-order valence-electron chi connectivity index (χ0n) is 7.88. The number of aryl methyl sites for hydroxylation is 1. The minimum atomic E-state index is 0.554. The molecule has 0 aliphatic heterocycles. The van der Waals surface area contributed by atoms with Crippen LogP contribution in [0.3, 0.4) is 0 Å². The number of nitrogens with two attached hydrogens (primary N) is 1. The summed E-state index contributed by atoms with van der Waals surface area (Å²) in [5.74, 6) is 0.554. The van der Waals surface area contributed by atoms with Crippen molar-refractivity contribution in [2.75, 3.05) is 5.73 Å². The molecule has 2 N–H and O–H groups in total. The molecule has 0 aliphatic rings. The van der Waals surface area contributed by atoms with Crippen LogP contribution in [0.2, 0.25) is 0 Å². The molecule has 2 aromatic rings. The topological polar surface area (TPSA) is 69.6 Å². The van der Waals surface area contributed by atoms with E-state index in [-0.39, 0.29) is 0 Å². The molecule has 0 atom stereocenters. The Morgan fingerprint density at radius 2 is 2.36 bits per heavy atom. The summed E-state index contributed by atoms with van der Waals surface area (Å²) in [6.07, 6.45) is 4.22. The van der Waals surface area contributed by atoms with Crippen molar-refractivity contribution in [3.63, 3.8) is 0 Å². The second kappa shape index (κ2) is 3.45. The Bertz CT molecular complexity index is 434. The van der Waals surface area contributed by atoms with Gasteiger partial charge in [0.05, 0.1) is 5.69 Å². The number of nitrogen functional groups attached to an aromatic ring is 1. The number of hydrogen-bond donors (Lipinski definition) is 1. The van der Waals surface area contributed by atoms with E-state index in [2.05, 4.69) is 15.3 Å². The van der Waals surface area contributed by atoms with E-state index in [1.165, 1.54) is 0 Å². The first-order chi connectivity index (χ1) is 6.75. The smallest absolute Gasteiger partial charge is 0.126 e. The predicted octanol–water partition coefficient (Wildman–Crippen LogP) is 0.383. The van der Waals surface area contributed by atoms with E-state index in [1.54, 1.807) is 10.9 Å². The Balaban J connectivity index is 2.23. The lowest BCUT2D eigenvalue weighted by Crippen LogP contribution is -1.98.